The van der Waals surface area contributed by atoms with Gasteiger partial charge in [-0.15, -0.1) is 0 Å². The summed E-state index contributed by atoms with van der Waals surface area (Å²) in [5, 5.41) is 0. The number of carbonyl (C=O) groups excluding carboxylic acids is 1. The lowest BCUT2D eigenvalue weighted by molar-refractivity contribution is 0.0757. The molecule has 25 heavy (non-hydrogen) atoms. The highest BCUT2D eigenvalue weighted by Gasteiger charge is 2.23. The summed E-state index contributed by atoms with van der Waals surface area (Å²) >= 11 is 0. The number of carbonyl (C=O) groups is 1. The highest BCUT2D eigenvalue weighted by molar-refractivity contribution is 5.91. The highest BCUT2D eigenvalue weighted by Crippen LogP contribution is 2.19. The number of hydrogen-bond acceptors (Lipinski definition) is 4. The van der Waals surface area contributed by atoms with Crippen molar-refractivity contribution in [2.45, 2.75) is 19.4 Å². The predicted octanol–water partition coefficient (Wildman–Crippen LogP) is 2.84. The van der Waals surface area contributed by atoms with Gasteiger partial charge >= 0.3 is 0 Å². The Kier molecular flexibility index (Phi) is 4.74. The van der Waals surface area contributed by atoms with E-state index in [0.717, 1.165) is 64.4 Å². The van der Waals surface area contributed by atoms with Crippen LogP contribution in [0.4, 0.5) is 5.69 Å². The molecule has 5 nitrogen and oxygen atoms in total. The SMILES string of the molecule is O=C(c1ccc(CN2CCN(c3ccccc3)CC2)o1)N1CCCC1. The molecule has 2 saturated heterocycles. The molecule has 5 heteroatoms. The van der Waals surface area contributed by atoms with E-state index in [-0.39, 0.29) is 5.91 Å². The molecule has 0 radical (unpaired) electrons. The fraction of sp³-hybridized carbons (Fsp3) is 0.450. The molecule has 0 aliphatic carbocycles. The maximum absolute atomic E-state index is 12.4. The van der Waals surface area contributed by atoms with Gasteiger partial charge in [0.25, 0.3) is 5.91 Å². The number of benzene rings is 1. The molecule has 2 aliphatic heterocycles. The van der Waals surface area contributed by atoms with Crippen molar-refractivity contribution in [3.8, 4) is 0 Å². The second kappa shape index (κ2) is 7.31. The minimum Gasteiger partial charge on any atom is -0.455 e. The average Bonchev–Trinajstić information content (AvgIpc) is 3.35. The van der Waals surface area contributed by atoms with Crippen LogP contribution in [0.1, 0.15) is 29.2 Å². The lowest BCUT2D eigenvalue weighted by Gasteiger charge is -2.35. The van der Waals surface area contributed by atoms with E-state index in [9.17, 15) is 4.79 Å². The second-order valence-corrected chi connectivity index (χ2v) is 6.86. The molecule has 1 aromatic heterocycles. The van der Waals surface area contributed by atoms with Crippen LogP contribution >= 0.6 is 0 Å². The van der Waals surface area contributed by atoms with Gasteiger partial charge in [0.2, 0.25) is 0 Å². The molecule has 0 unspecified atom stereocenters. The smallest absolute Gasteiger partial charge is 0.289 e. The van der Waals surface area contributed by atoms with Crippen LogP contribution in [0, 0.1) is 0 Å². The Morgan fingerprint density at radius 3 is 2.32 bits per heavy atom. The third-order valence-electron chi connectivity index (χ3n) is 5.14. The lowest BCUT2D eigenvalue weighted by Crippen LogP contribution is -2.45. The van der Waals surface area contributed by atoms with Crippen molar-refractivity contribution in [2.24, 2.45) is 0 Å². The van der Waals surface area contributed by atoms with E-state index in [0.29, 0.717) is 5.76 Å². The molecule has 4 rings (SSSR count). The topological polar surface area (TPSA) is 39.9 Å². The third-order valence-corrected chi connectivity index (χ3v) is 5.14. The van der Waals surface area contributed by atoms with Crippen LogP contribution in [-0.4, -0.2) is 55.0 Å². The fourth-order valence-electron chi connectivity index (χ4n) is 3.68. The van der Waals surface area contributed by atoms with E-state index < -0.39 is 0 Å². The van der Waals surface area contributed by atoms with Crippen LogP contribution in [0.15, 0.2) is 46.9 Å². The predicted molar refractivity (Wildman–Crippen MR) is 97.8 cm³/mol. The first kappa shape index (κ1) is 16.2. The number of rotatable bonds is 4. The Labute approximate surface area is 148 Å². The number of amides is 1. The van der Waals surface area contributed by atoms with E-state index >= 15 is 0 Å². The van der Waals surface area contributed by atoms with E-state index in [1.54, 1.807) is 0 Å². The minimum absolute atomic E-state index is 0.0395. The first-order valence-electron chi connectivity index (χ1n) is 9.20. The number of nitrogens with zero attached hydrogens (tertiary/aromatic N) is 3. The van der Waals surface area contributed by atoms with Crippen molar-refractivity contribution in [1.29, 1.82) is 0 Å². The van der Waals surface area contributed by atoms with Gasteiger partial charge in [-0.3, -0.25) is 9.69 Å². The number of para-hydroxylation sites is 1. The van der Waals surface area contributed by atoms with Gasteiger partial charge < -0.3 is 14.2 Å². The molecule has 2 aromatic rings. The molecular weight excluding hydrogens is 314 g/mol. The maximum Gasteiger partial charge on any atom is 0.289 e. The zero-order chi connectivity index (χ0) is 17.1. The lowest BCUT2D eigenvalue weighted by atomic mass is 10.2. The number of likely N-dealkylation sites (tertiary alicyclic amines) is 1. The van der Waals surface area contributed by atoms with Crippen molar-refractivity contribution in [3.63, 3.8) is 0 Å². The zero-order valence-corrected chi connectivity index (χ0v) is 14.6. The van der Waals surface area contributed by atoms with Gasteiger partial charge in [0, 0.05) is 45.0 Å². The molecule has 3 heterocycles. The Balaban J connectivity index is 1.31. The molecule has 0 N–H and O–H groups in total. The largest absolute Gasteiger partial charge is 0.455 e. The van der Waals surface area contributed by atoms with Gasteiger partial charge in [-0.1, -0.05) is 18.2 Å². The van der Waals surface area contributed by atoms with E-state index in [1.165, 1.54) is 5.69 Å². The first-order valence-corrected chi connectivity index (χ1v) is 9.20. The second-order valence-electron chi connectivity index (χ2n) is 6.86. The number of furan rings is 1. The normalized spacial score (nSPS) is 18.7. The number of hydrogen-bond donors (Lipinski definition) is 0. The van der Waals surface area contributed by atoms with Crippen LogP contribution in [0.25, 0.3) is 0 Å². The standard InChI is InChI=1S/C20H25N3O2/c24-20(23-10-4-5-11-23)19-9-8-18(25-19)16-21-12-14-22(15-13-21)17-6-2-1-3-7-17/h1-3,6-9H,4-5,10-16H2. The van der Waals surface area contributed by atoms with Crippen LogP contribution < -0.4 is 4.90 Å². The molecule has 1 amide bonds. The molecule has 1 aromatic carbocycles. The molecule has 132 valence electrons. The van der Waals surface area contributed by atoms with Crippen molar-refractivity contribution in [1.82, 2.24) is 9.80 Å². The molecule has 0 spiro atoms. The first-order chi connectivity index (χ1) is 12.3. The Morgan fingerprint density at radius 1 is 0.880 bits per heavy atom. The highest BCUT2D eigenvalue weighted by atomic mass is 16.4. The maximum atomic E-state index is 12.4. The van der Waals surface area contributed by atoms with Crippen molar-refractivity contribution >= 4 is 11.6 Å². The van der Waals surface area contributed by atoms with Crippen LogP contribution in [-0.2, 0) is 6.54 Å². The van der Waals surface area contributed by atoms with Gasteiger partial charge in [-0.25, -0.2) is 0 Å². The Bertz CT molecular complexity index is 699. The van der Waals surface area contributed by atoms with E-state index in [2.05, 4.69) is 40.1 Å². The zero-order valence-electron chi connectivity index (χ0n) is 14.6. The van der Waals surface area contributed by atoms with Gasteiger partial charge in [0.1, 0.15) is 5.76 Å². The summed E-state index contributed by atoms with van der Waals surface area (Å²) in [5.74, 6) is 1.41. The fourth-order valence-corrected chi connectivity index (χ4v) is 3.68. The van der Waals surface area contributed by atoms with Crippen molar-refractivity contribution in [3.05, 3.63) is 54.0 Å². The van der Waals surface area contributed by atoms with Crippen LogP contribution in [0.5, 0.6) is 0 Å². The van der Waals surface area contributed by atoms with Crippen LogP contribution in [0.3, 0.4) is 0 Å². The number of piperazine rings is 1. The van der Waals surface area contributed by atoms with Gasteiger partial charge in [-0.2, -0.15) is 0 Å². The van der Waals surface area contributed by atoms with Gasteiger partial charge in [-0.05, 0) is 37.1 Å². The van der Waals surface area contributed by atoms with Gasteiger partial charge in [0.15, 0.2) is 5.76 Å². The summed E-state index contributed by atoms with van der Waals surface area (Å²) in [6.07, 6.45) is 2.20. The van der Waals surface area contributed by atoms with Crippen LogP contribution in [0.2, 0.25) is 0 Å². The van der Waals surface area contributed by atoms with Crippen molar-refractivity contribution < 1.29 is 9.21 Å². The molecule has 2 fully saturated rings. The van der Waals surface area contributed by atoms with Crippen molar-refractivity contribution in [2.75, 3.05) is 44.2 Å². The summed E-state index contributed by atoms with van der Waals surface area (Å²) in [6.45, 7) is 6.53. The monoisotopic (exact) mass is 339 g/mol. The minimum atomic E-state index is 0.0395. The van der Waals surface area contributed by atoms with Gasteiger partial charge in [0.05, 0.1) is 6.54 Å². The summed E-state index contributed by atoms with van der Waals surface area (Å²) in [7, 11) is 0. The average molecular weight is 339 g/mol. The molecule has 0 bridgehead atoms. The van der Waals surface area contributed by atoms with E-state index in [4.69, 9.17) is 4.42 Å². The molecule has 2 aliphatic rings. The molecular formula is C20H25N3O2. The van der Waals surface area contributed by atoms with E-state index in [1.807, 2.05) is 17.0 Å². The summed E-state index contributed by atoms with van der Waals surface area (Å²) in [5.41, 5.74) is 1.29. The Hall–Kier alpha value is -2.27. The summed E-state index contributed by atoms with van der Waals surface area (Å²) < 4.78 is 5.83. The Morgan fingerprint density at radius 2 is 1.60 bits per heavy atom. The summed E-state index contributed by atoms with van der Waals surface area (Å²) in [6, 6.07) is 14.3. The third kappa shape index (κ3) is 3.71. The quantitative estimate of drug-likeness (QED) is 0.859. The molecule has 0 atom stereocenters. The summed E-state index contributed by atoms with van der Waals surface area (Å²) in [4.78, 5) is 19.1. The number of anilines is 1. The molecule has 0 saturated carbocycles.